The molecule has 29 heavy (non-hydrogen) atoms. The SMILES string of the molecule is CCNC(=NCC1(CCOC)CCC1)NCCCn1c(C)nc2ccccc21.I. The van der Waals surface area contributed by atoms with E-state index in [2.05, 4.69) is 52.2 Å². The Balaban J connectivity index is 0.00000300. The van der Waals surface area contributed by atoms with Crippen molar-refractivity contribution in [1.82, 2.24) is 20.2 Å². The number of halogens is 1. The predicted octanol–water partition coefficient (Wildman–Crippen LogP) is 4.11. The number of aliphatic imine (C=N–C) groups is 1. The van der Waals surface area contributed by atoms with E-state index >= 15 is 0 Å². The van der Waals surface area contributed by atoms with E-state index in [0.29, 0.717) is 5.41 Å². The van der Waals surface area contributed by atoms with E-state index in [1.165, 1.54) is 24.8 Å². The van der Waals surface area contributed by atoms with E-state index in [9.17, 15) is 0 Å². The summed E-state index contributed by atoms with van der Waals surface area (Å²) in [7, 11) is 1.78. The molecule has 0 aliphatic heterocycles. The van der Waals surface area contributed by atoms with Crippen LogP contribution in [-0.2, 0) is 11.3 Å². The van der Waals surface area contributed by atoms with Crippen molar-refractivity contribution >= 4 is 41.0 Å². The summed E-state index contributed by atoms with van der Waals surface area (Å²) in [5.74, 6) is 2.00. The second kappa shape index (κ2) is 11.7. The fourth-order valence-electron chi connectivity index (χ4n) is 3.99. The monoisotopic (exact) mass is 513 g/mol. The first-order chi connectivity index (χ1) is 13.7. The van der Waals surface area contributed by atoms with Crippen molar-refractivity contribution < 1.29 is 4.74 Å². The summed E-state index contributed by atoms with van der Waals surface area (Å²) < 4.78 is 7.60. The second-order valence-corrected chi connectivity index (χ2v) is 7.87. The lowest BCUT2D eigenvalue weighted by molar-refractivity contribution is 0.0778. The number of guanidine groups is 1. The first kappa shape index (κ1) is 23.9. The molecule has 1 aliphatic rings. The third-order valence-electron chi connectivity index (χ3n) is 5.86. The normalized spacial score (nSPS) is 15.6. The number of benzene rings is 1. The first-order valence-corrected chi connectivity index (χ1v) is 10.6. The number of aryl methyl sites for hydroxylation is 2. The molecule has 0 saturated heterocycles. The highest BCUT2D eigenvalue weighted by Crippen LogP contribution is 2.44. The molecule has 1 aromatic carbocycles. The second-order valence-electron chi connectivity index (χ2n) is 7.87. The number of rotatable bonds is 10. The van der Waals surface area contributed by atoms with Crippen LogP contribution in [0.15, 0.2) is 29.3 Å². The molecule has 1 saturated carbocycles. The zero-order valence-corrected chi connectivity index (χ0v) is 20.4. The Morgan fingerprint density at radius 1 is 1.28 bits per heavy atom. The van der Waals surface area contributed by atoms with Crippen LogP contribution in [0.5, 0.6) is 0 Å². The van der Waals surface area contributed by atoms with Crippen LogP contribution in [0, 0.1) is 12.3 Å². The van der Waals surface area contributed by atoms with Gasteiger partial charge in [0.1, 0.15) is 5.82 Å². The largest absolute Gasteiger partial charge is 0.385 e. The average Bonchev–Trinajstić information content (AvgIpc) is 2.99. The first-order valence-electron chi connectivity index (χ1n) is 10.6. The Labute approximate surface area is 191 Å². The van der Waals surface area contributed by atoms with Crippen LogP contribution in [0.25, 0.3) is 11.0 Å². The van der Waals surface area contributed by atoms with Gasteiger partial charge in [0.15, 0.2) is 5.96 Å². The number of hydrogen-bond acceptors (Lipinski definition) is 3. The summed E-state index contributed by atoms with van der Waals surface area (Å²) in [5.41, 5.74) is 2.64. The van der Waals surface area contributed by atoms with Gasteiger partial charge < -0.3 is 19.9 Å². The highest BCUT2D eigenvalue weighted by molar-refractivity contribution is 14.0. The van der Waals surface area contributed by atoms with Crippen LogP contribution in [0.3, 0.4) is 0 Å². The van der Waals surface area contributed by atoms with E-state index in [1.807, 2.05) is 6.07 Å². The Bertz CT molecular complexity index is 785. The van der Waals surface area contributed by atoms with Crippen molar-refractivity contribution in [2.45, 2.75) is 52.5 Å². The molecule has 1 aromatic heterocycles. The van der Waals surface area contributed by atoms with Gasteiger partial charge in [0.05, 0.1) is 11.0 Å². The van der Waals surface area contributed by atoms with Gasteiger partial charge in [-0.1, -0.05) is 18.6 Å². The molecule has 3 rings (SSSR count). The number of nitrogens with one attached hydrogen (secondary N) is 2. The molecule has 0 bridgehead atoms. The molecule has 0 amide bonds. The predicted molar refractivity (Wildman–Crippen MR) is 131 cm³/mol. The maximum absolute atomic E-state index is 5.30. The number of fused-ring (bicyclic) bond motifs is 1. The minimum Gasteiger partial charge on any atom is -0.385 e. The molecule has 1 heterocycles. The summed E-state index contributed by atoms with van der Waals surface area (Å²) in [6.07, 6.45) is 6.00. The van der Waals surface area contributed by atoms with Crippen molar-refractivity contribution in [2.75, 3.05) is 33.4 Å². The van der Waals surface area contributed by atoms with Crippen molar-refractivity contribution in [3.8, 4) is 0 Å². The van der Waals surface area contributed by atoms with Gasteiger partial charge in [-0.25, -0.2) is 4.98 Å². The third-order valence-corrected chi connectivity index (χ3v) is 5.86. The third kappa shape index (κ3) is 6.31. The molecule has 2 N–H and O–H groups in total. The summed E-state index contributed by atoms with van der Waals surface area (Å²) in [4.78, 5) is 9.53. The van der Waals surface area contributed by atoms with Gasteiger partial charge in [0.25, 0.3) is 0 Å². The summed E-state index contributed by atoms with van der Waals surface area (Å²) in [5, 5.41) is 6.88. The molecule has 6 nitrogen and oxygen atoms in total. The average molecular weight is 513 g/mol. The fraction of sp³-hybridized carbons (Fsp3) is 0.636. The standard InChI is InChI=1S/C22H35N5O.HI/c1-4-23-21(25-17-22(11-7-12-22)13-16-28-3)24-14-8-15-27-18(2)26-19-9-5-6-10-20(19)27;/h5-6,9-10H,4,7-8,11-17H2,1-3H3,(H2,23,24,25);1H. The Kier molecular flexibility index (Phi) is 9.68. The van der Waals surface area contributed by atoms with E-state index in [0.717, 1.165) is 62.9 Å². The molecule has 1 aliphatic carbocycles. The molecule has 162 valence electrons. The minimum absolute atomic E-state index is 0. The molecule has 0 spiro atoms. The lowest BCUT2D eigenvalue weighted by Crippen LogP contribution is -2.40. The van der Waals surface area contributed by atoms with Gasteiger partial charge in [-0.05, 0) is 57.1 Å². The van der Waals surface area contributed by atoms with E-state index in [4.69, 9.17) is 9.73 Å². The van der Waals surface area contributed by atoms with Crippen molar-refractivity contribution in [2.24, 2.45) is 10.4 Å². The number of ether oxygens (including phenoxy) is 1. The summed E-state index contributed by atoms with van der Waals surface area (Å²) in [6, 6.07) is 8.34. The van der Waals surface area contributed by atoms with Gasteiger partial charge in [0, 0.05) is 39.9 Å². The van der Waals surface area contributed by atoms with Crippen LogP contribution in [0.4, 0.5) is 0 Å². The smallest absolute Gasteiger partial charge is 0.191 e. The number of hydrogen-bond donors (Lipinski definition) is 2. The maximum atomic E-state index is 5.30. The Morgan fingerprint density at radius 3 is 2.76 bits per heavy atom. The van der Waals surface area contributed by atoms with Crippen LogP contribution in [-0.4, -0.2) is 48.9 Å². The van der Waals surface area contributed by atoms with Crippen molar-refractivity contribution in [1.29, 1.82) is 0 Å². The Hall–Kier alpha value is -1.35. The number of methoxy groups -OCH3 is 1. The van der Waals surface area contributed by atoms with Crippen LogP contribution < -0.4 is 10.6 Å². The molecule has 0 radical (unpaired) electrons. The fourth-order valence-corrected chi connectivity index (χ4v) is 3.99. The minimum atomic E-state index is 0. The van der Waals surface area contributed by atoms with Gasteiger partial charge in [0.2, 0.25) is 0 Å². The number of imidazole rings is 1. The molecular formula is C22H36IN5O. The maximum Gasteiger partial charge on any atom is 0.191 e. The lowest BCUT2D eigenvalue weighted by Gasteiger charge is -2.40. The highest BCUT2D eigenvalue weighted by Gasteiger charge is 2.36. The number of aromatic nitrogens is 2. The zero-order chi connectivity index (χ0) is 19.8. The summed E-state index contributed by atoms with van der Waals surface area (Å²) >= 11 is 0. The van der Waals surface area contributed by atoms with Crippen LogP contribution in [0.1, 0.15) is 44.9 Å². The summed E-state index contributed by atoms with van der Waals surface area (Å²) in [6.45, 7) is 8.63. The Morgan fingerprint density at radius 2 is 2.07 bits per heavy atom. The zero-order valence-electron chi connectivity index (χ0n) is 18.0. The lowest BCUT2D eigenvalue weighted by atomic mass is 9.67. The van der Waals surface area contributed by atoms with Crippen LogP contribution >= 0.6 is 24.0 Å². The number of para-hydroxylation sites is 2. The molecule has 7 heteroatoms. The highest BCUT2D eigenvalue weighted by atomic mass is 127. The van der Waals surface area contributed by atoms with E-state index in [1.54, 1.807) is 7.11 Å². The van der Waals surface area contributed by atoms with Gasteiger partial charge in [-0.3, -0.25) is 4.99 Å². The number of nitrogens with zero attached hydrogens (tertiary/aromatic N) is 3. The van der Waals surface area contributed by atoms with Gasteiger partial charge in [-0.2, -0.15) is 0 Å². The van der Waals surface area contributed by atoms with E-state index in [-0.39, 0.29) is 24.0 Å². The molecular weight excluding hydrogens is 477 g/mol. The molecule has 0 unspecified atom stereocenters. The van der Waals surface area contributed by atoms with E-state index < -0.39 is 0 Å². The van der Waals surface area contributed by atoms with Crippen molar-refractivity contribution in [3.05, 3.63) is 30.1 Å². The molecule has 2 aromatic rings. The van der Waals surface area contributed by atoms with Gasteiger partial charge >= 0.3 is 0 Å². The quantitative estimate of drug-likeness (QED) is 0.217. The molecule has 1 fully saturated rings. The van der Waals surface area contributed by atoms with Gasteiger partial charge in [-0.15, -0.1) is 24.0 Å². The van der Waals surface area contributed by atoms with Crippen LogP contribution in [0.2, 0.25) is 0 Å². The topological polar surface area (TPSA) is 63.5 Å². The van der Waals surface area contributed by atoms with Crippen molar-refractivity contribution in [3.63, 3.8) is 0 Å². The molecule has 0 atom stereocenters.